The van der Waals surface area contributed by atoms with E-state index < -0.39 is 0 Å². The quantitative estimate of drug-likeness (QED) is 0.939. The summed E-state index contributed by atoms with van der Waals surface area (Å²) in [5.74, 6) is 0.468. The van der Waals surface area contributed by atoms with Gasteiger partial charge in [0.15, 0.2) is 0 Å². The molecule has 0 amide bonds. The van der Waals surface area contributed by atoms with E-state index in [9.17, 15) is 4.39 Å². The summed E-state index contributed by atoms with van der Waals surface area (Å²) < 4.78 is 18.9. The summed E-state index contributed by atoms with van der Waals surface area (Å²) in [6.45, 7) is 0.533. The van der Waals surface area contributed by atoms with Crippen LogP contribution in [0, 0.1) is 17.1 Å². The number of hydrogen-bond donors (Lipinski definition) is 1. The van der Waals surface area contributed by atoms with Crippen molar-refractivity contribution in [2.24, 2.45) is 0 Å². The standard InChI is InChI=1S/C16H12ClFN2O/c17-14-3-1-10(8-19)5-15(14)20-9-13-7-11-6-12(18)2-4-16(11)21-13/h1-6,13,20H,7,9H2. The zero-order chi connectivity index (χ0) is 14.8. The van der Waals surface area contributed by atoms with Crippen molar-refractivity contribution >= 4 is 17.3 Å². The lowest BCUT2D eigenvalue weighted by molar-refractivity contribution is 0.246. The topological polar surface area (TPSA) is 45.0 Å². The molecule has 0 fully saturated rings. The molecule has 1 aliphatic heterocycles. The van der Waals surface area contributed by atoms with Gasteiger partial charge in [0, 0.05) is 12.0 Å². The number of fused-ring (bicyclic) bond motifs is 1. The molecule has 3 rings (SSSR count). The Labute approximate surface area is 126 Å². The Balaban J connectivity index is 1.66. The van der Waals surface area contributed by atoms with Crippen LogP contribution < -0.4 is 10.1 Å². The number of rotatable bonds is 3. The summed E-state index contributed by atoms with van der Waals surface area (Å²) >= 11 is 6.09. The number of benzene rings is 2. The normalized spacial score (nSPS) is 16.0. The van der Waals surface area contributed by atoms with Gasteiger partial charge < -0.3 is 10.1 Å². The lowest BCUT2D eigenvalue weighted by Gasteiger charge is -2.14. The van der Waals surface area contributed by atoms with E-state index in [1.54, 1.807) is 24.3 Å². The molecule has 0 radical (unpaired) electrons. The fraction of sp³-hybridized carbons (Fsp3) is 0.188. The van der Waals surface area contributed by atoms with Gasteiger partial charge in [-0.1, -0.05) is 11.6 Å². The maximum Gasteiger partial charge on any atom is 0.123 e. The molecular formula is C16H12ClFN2O. The van der Waals surface area contributed by atoms with Crippen molar-refractivity contribution < 1.29 is 9.13 Å². The molecule has 1 heterocycles. The second kappa shape index (κ2) is 5.63. The molecule has 1 aliphatic rings. The highest BCUT2D eigenvalue weighted by atomic mass is 35.5. The first-order chi connectivity index (χ1) is 10.2. The molecule has 1 atom stereocenters. The van der Waals surface area contributed by atoms with Gasteiger partial charge in [-0.25, -0.2) is 4.39 Å². The van der Waals surface area contributed by atoms with Gasteiger partial charge in [-0.2, -0.15) is 5.26 Å². The van der Waals surface area contributed by atoms with E-state index >= 15 is 0 Å². The fourth-order valence-corrected chi connectivity index (χ4v) is 2.54. The predicted molar refractivity (Wildman–Crippen MR) is 79.2 cm³/mol. The molecule has 1 N–H and O–H groups in total. The Morgan fingerprint density at radius 2 is 2.19 bits per heavy atom. The highest BCUT2D eigenvalue weighted by Gasteiger charge is 2.23. The monoisotopic (exact) mass is 302 g/mol. The van der Waals surface area contributed by atoms with Gasteiger partial charge in [0.2, 0.25) is 0 Å². The zero-order valence-corrected chi connectivity index (χ0v) is 11.8. The summed E-state index contributed by atoms with van der Waals surface area (Å²) in [6, 6.07) is 11.7. The first-order valence-electron chi connectivity index (χ1n) is 6.54. The summed E-state index contributed by atoms with van der Waals surface area (Å²) in [5.41, 5.74) is 2.11. The van der Waals surface area contributed by atoms with Crippen LogP contribution in [-0.4, -0.2) is 12.6 Å². The van der Waals surface area contributed by atoms with E-state index in [-0.39, 0.29) is 11.9 Å². The lowest BCUT2D eigenvalue weighted by Crippen LogP contribution is -2.24. The second-order valence-electron chi connectivity index (χ2n) is 4.88. The van der Waals surface area contributed by atoms with Crippen molar-refractivity contribution in [2.45, 2.75) is 12.5 Å². The highest BCUT2D eigenvalue weighted by Crippen LogP contribution is 2.30. The molecule has 2 aromatic rings. The lowest BCUT2D eigenvalue weighted by atomic mass is 10.1. The Bertz CT molecular complexity index is 727. The van der Waals surface area contributed by atoms with Crippen LogP contribution in [0.1, 0.15) is 11.1 Å². The minimum absolute atomic E-state index is 0.0800. The van der Waals surface area contributed by atoms with Gasteiger partial charge in [0.25, 0.3) is 0 Å². The van der Waals surface area contributed by atoms with Gasteiger partial charge in [0.1, 0.15) is 17.7 Å². The van der Waals surface area contributed by atoms with Crippen LogP contribution in [0.5, 0.6) is 5.75 Å². The summed E-state index contributed by atoms with van der Waals surface area (Å²) in [6.07, 6.45) is 0.568. The average molecular weight is 303 g/mol. The number of nitrogens with one attached hydrogen (secondary N) is 1. The minimum atomic E-state index is -0.254. The van der Waals surface area contributed by atoms with Crippen LogP contribution in [0.3, 0.4) is 0 Å². The van der Waals surface area contributed by atoms with Crippen LogP contribution in [-0.2, 0) is 6.42 Å². The summed E-state index contributed by atoms with van der Waals surface area (Å²) in [4.78, 5) is 0. The second-order valence-corrected chi connectivity index (χ2v) is 5.29. The Hall–Kier alpha value is -2.25. The predicted octanol–water partition coefficient (Wildman–Crippen LogP) is 3.77. The Morgan fingerprint density at radius 3 is 3.00 bits per heavy atom. The molecule has 21 heavy (non-hydrogen) atoms. The van der Waals surface area contributed by atoms with E-state index in [0.29, 0.717) is 29.2 Å². The van der Waals surface area contributed by atoms with E-state index in [4.69, 9.17) is 21.6 Å². The third kappa shape index (κ3) is 2.93. The Morgan fingerprint density at radius 1 is 1.33 bits per heavy atom. The molecule has 0 aliphatic carbocycles. The molecule has 0 aromatic heterocycles. The third-order valence-corrected chi connectivity index (χ3v) is 3.71. The van der Waals surface area contributed by atoms with Gasteiger partial charge in [-0.3, -0.25) is 0 Å². The molecule has 0 spiro atoms. The third-order valence-electron chi connectivity index (χ3n) is 3.38. The average Bonchev–Trinajstić information content (AvgIpc) is 2.88. The van der Waals surface area contributed by atoms with E-state index in [1.807, 2.05) is 0 Å². The van der Waals surface area contributed by atoms with Crippen molar-refractivity contribution in [2.75, 3.05) is 11.9 Å². The van der Waals surface area contributed by atoms with Crippen molar-refractivity contribution in [1.82, 2.24) is 0 Å². The van der Waals surface area contributed by atoms with Crippen molar-refractivity contribution in [1.29, 1.82) is 5.26 Å². The highest BCUT2D eigenvalue weighted by molar-refractivity contribution is 6.33. The van der Waals surface area contributed by atoms with Crippen molar-refractivity contribution in [3.05, 3.63) is 58.4 Å². The number of ether oxygens (including phenoxy) is 1. The first kappa shape index (κ1) is 13.7. The fourth-order valence-electron chi connectivity index (χ4n) is 2.36. The van der Waals surface area contributed by atoms with Gasteiger partial charge in [-0.05, 0) is 36.4 Å². The van der Waals surface area contributed by atoms with E-state index in [2.05, 4.69) is 11.4 Å². The molecule has 0 saturated carbocycles. The van der Waals surface area contributed by atoms with Crippen LogP contribution in [0.4, 0.5) is 10.1 Å². The summed E-state index contributed by atoms with van der Waals surface area (Å²) in [7, 11) is 0. The van der Waals surface area contributed by atoms with Crippen LogP contribution in [0.2, 0.25) is 5.02 Å². The Kier molecular flexibility index (Phi) is 3.68. The van der Waals surface area contributed by atoms with E-state index in [1.165, 1.54) is 12.1 Å². The molecule has 106 valence electrons. The van der Waals surface area contributed by atoms with Crippen LogP contribution in [0.15, 0.2) is 36.4 Å². The number of anilines is 1. The molecule has 3 nitrogen and oxygen atoms in total. The van der Waals surface area contributed by atoms with E-state index in [0.717, 1.165) is 11.3 Å². The summed E-state index contributed by atoms with van der Waals surface area (Å²) in [5, 5.41) is 12.6. The van der Waals surface area contributed by atoms with Gasteiger partial charge >= 0.3 is 0 Å². The van der Waals surface area contributed by atoms with Crippen molar-refractivity contribution in [3.63, 3.8) is 0 Å². The maximum absolute atomic E-state index is 13.2. The molecule has 2 aromatic carbocycles. The maximum atomic E-state index is 13.2. The van der Waals surface area contributed by atoms with Gasteiger partial charge in [-0.15, -0.1) is 0 Å². The number of halogens is 2. The minimum Gasteiger partial charge on any atom is -0.488 e. The first-order valence-corrected chi connectivity index (χ1v) is 6.92. The number of nitrogens with zero attached hydrogens (tertiary/aromatic N) is 1. The molecule has 0 bridgehead atoms. The largest absolute Gasteiger partial charge is 0.488 e. The molecule has 0 saturated heterocycles. The smallest absolute Gasteiger partial charge is 0.123 e. The van der Waals surface area contributed by atoms with Crippen LogP contribution >= 0.6 is 11.6 Å². The molecule has 1 unspecified atom stereocenters. The molecule has 5 heteroatoms. The zero-order valence-electron chi connectivity index (χ0n) is 11.1. The molecular weight excluding hydrogens is 291 g/mol. The van der Waals surface area contributed by atoms with Crippen LogP contribution in [0.25, 0.3) is 0 Å². The number of nitriles is 1. The van der Waals surface area contributed by atoms with Crippen molar-refractivity contribution in [3.8, 4) is 11.8 Å². The van der Waals surface area contributed by atoms with Gasteiger partial charge in [0.05, 0.1) is 28.9 Å². The number of hydrogen-bond acceptors (Lipinski definition) is 3. The SMILES string of the molecule is N#Cc1ccc(Cl)c(NCC2Cc3cc(F)ccc3O2)c1.